The van der Waals surface area contributed by atoms with Crippen LogP contribution in [0.15, 0.2) is 24.3 Å². The lowest BCUT2D eigenvalue weighted by atomic mass is 9.71. The van der Waals surface area contributed by atoms with Gasteiger partial charge in [0.1, 0.15) is 0 Å². The minimum Gasteiger partial charge on any atom is -0.330 e. The molecule has 2 aliphatic carbocycles. The van der Waals surface area contributed by atoms with E-state index in [9.17, 15) is 4.79 Å². The van der Waals surface area contributed by atoms with Crippen LogP contribution in [-0.4, -0.2) is 32.7 Å². The predicted molar refractivity (Wildman–Crippen MR) is 99.3 cm³/mol. The van der Waals surface area contributed by atoms with Gasteiger partial charge in [0.25, 0.3) is 0 Å². The molecule has 0 bridgehead atoms. The average molecular weight is 354 g/mol. The molecule has 2 aliphatic rings. The molecule has 0 radical (unpaired) electrons. The number of anilines is 1. The van der Waals surface area contributed by atoms with E-state index in [0.717, 1.165) is 42.8 Å². The van der Waals surface area contributed by atoms with Gasteiger partial charge in [-0.2, -0.15) is 0 Å². The van der Waals surface area contributed by atoms with Gasteiger partial charge in [-0.15, -0.1) is 5.10 Å². The second-order valence-electron chi connectivity index (χ2n) is 7.75. The molecule has 7 heteroatoms. The summed E-state index contributed by atoms with van der Waals surface area (Å²) in [6, 6.07) is 8.16. The third-order valence-electron chi connectivity index (χ3n) is 5.67. The van der Waals surface area contributed by atoms with Gasteiger partial charge in [-0.1, -0.05) is 31.4 Å². The second-order valence-corrected chi connectivity index (χ2v) is 7.75. The monoisotopic (exact) mass is 354 g/mol. The first-order valence-corrected chi connectivity index (χ1v) is 9.57. The molecule has 26 heavy (non-hydrogen) atoms. The van der Waals surface area contributed by atoms with E-state index >= 15 is 0 Å². The SMILES string of the molecule is NCC1(CC(=O)Nc2cccc(-c3nnnn3C3CC3)c2)CCCCC1. The van der Waals surface area contributed by atoms with E-state index in [1.165, 1.54) is 19.3 Å². The summed E-state index contributed by atoms with van der Waals surface area (Å²) < 4.78 is 1.88. The molecular formula is C19H26N6O. The van der Waals surface area contributed by atoms with Gasteiger partial charge in [-0.25, -0.2) is 4.68 Å². The van der Waals surface area contributed by atoms with Crippen LogP contribution in [0.1, 0.15) is 57.4 Å². The number of nitrogens with two attached hydrogens (primary N) is 1. The van der Waals surface area contributed by atoms with Crippen LogP contribution in [0.25, 0.3) is 11.4 Å². The summed E-state index contributed by atoms with van der Waals surface area (Å²) in [5.41, 5.74) is 7.68. The molecule has 0 saturated heterocycles. The van der Waals surface area contributed by atoms with Crippen LogP contribution in [-0.2, 0) is 4.79 Å². The molecule has 1 heterocycles. The first-order valence-electron chi connectivity index (χ1n) is 9.57. The quantitative estimate of drug-likeness (QED) is 0.831. The number of tetrazole rings is 1. The average Bonchev–Trinajstić information content (AvgIpc) is 3.39. The number of aromatic nitrogens is 4. The third kappa shape index (κ3) is 3.62. The standard InChI is InChI=1S/C19H26N6O/c20-13-19(9-2-1-3-10-19)12-17(26)21-15-6-4-5-14(11-15)18-22-23-24-25(18)16-7-8-16/h4-6,11,16H,1-3,7-10,12-13,20H2,(H,21,26). The first-order chi connectivity index (χ1) is 12.7. The number of benzene rings is 1. The van der Waals surface area contributed by atoms with Crippen LogP contribution in [0, 0.1) is 5.41 Å². The van der Waals surface area contributed by atoms with E-state index in [1.807, 2.05) is 28.9 Å². The third-order valence-corrected chi connectivity index (χ3v) is 5.67. The number of carbonyl (C=O) groups excluding carboxylic acids is 1. The summed E-state index contributed by atoms with van der Waals surface area (Å²) in [4.78, 5) is 12.6. The number of hydrogen-bond acceptors (Lipinski definition) is 5. The summed E-state index contributed by atoms with van der Waals surface area (Å²) in [5.74, 6) is 0.797. The highest BCUT2D eigenvalue weighted by Crippen LogP contribution is 2.39. The zero-order chi connectivity index (χ0) is 18.0. The highest BCUT2D eigenvalue weighted by atomic mass is 16.1. The van der Waals surface area contributed by atoms with Crippen molar-refractivity contribution in [1.82, 2.24) is 20.2 Å². The molecule has 0 spiro atoms. The Morgan fingerprint density at radius 2 is 2.08 bits per heavy atom. The Labute approximate surface area is 153 Å². The molecule has 0 atom stereocenters. The Balaban J connectivity index is 1.46. The Kier molecular flexibility index (Phi) is 4.72. The fraction of sp³-hybridized carbons (Fsp3) is 0.579. The van der Waals surface area contributed by atoms with Crippen LogP contribution in [0.2, 0.25) is 0 Å². The molecule has 0 unspecified atom stereocenters. The van der Waals surface area contributed by atoms with Gasteiger partial charge >= 0.3 is 0 Å². The molecular weight excluding hydrogens is 328 g/mol. The smallest absolute Gasteiger partial charge is 0.224 e. The Hall–Kier alpha value is -2.28. The number of amides is 1. The van der Waals surface area contributed by atoms with Crippen molar-refractivity contribution < 1.29 is 4.79 Å². The lowest BCUT2D eigenvalue weighted by Crippen LogP contribution is -2.36. The van der Waals surface area contributed by atoms with Crippen molar-refractivity contribution in [2.45, 2.75) is 57.4 Å². The van der Waals surface area contributed by atoms with Gasteiger partial charge in [-0.3, -0.25) is 4.79 Å². The summed E-state index contributed by atoms with van der Waals surface area (Å²) in [5, 5.41) is 15.1. The molecule has 2 saturated carbocycles. The van der Waals surface area contributed by atoms with Crippen LogP contribution in [0.5, 0.6) is 0 Å². The highest BCUT2D eigenvalue weighted by molar-refractivity contribution is 5.91. The first kappa shape index (κ1) is 17.1. The maximum absolute atomic E-state index is 12.6. The van der Waals surface area contributed by atoms with Crippen molar-refractivity contribution in [3.8, 4) is 11.4 Å². The molecule has 1 amide bonds. The van der Waals surface area contributed by atoms with E-state index in [-0.39, 0.29) is 11.3 Å². The number of nitrogens with zero attached hydrogens (tertiary/aromatic N) is 4. The number of hydrogen-bond donors (Lipinski definition) is 2. The summed E-state index contributed by atoms with van der Waals surface area (Å²) in [6.07, 6.45) is 8.42. The van der Waals surface area contributed by atoms with Gasteiger partial charge in [0.2, 0.25) is 5.91 Å². The zero-order valence-corrected chi connectivity index (χ0v) is 15.0. The van der Waals surface area contributed by atoms with E-state index in [1.54, 1.807) is 0 Å². The molecule has 2 aromatic rings. The molecule has 0 aliphatic heterocycles. The van der Waals surface area contributed by atoms with Crippen LogP contribution in [0.4, 0.5) is 5.69 Å². The maximum atomic E-state index is 12.6. The van der Waals surface area contributed by atoms with Crippen molar-refractivity contribution in [3.63, 3.8) is 0 Å². The van der Waals surface area contributed by atoms with E-state index < -0.39 is 0 Å². The van der Waals surface area contributed by atoms with Crippen molar-refractivity contribution in [2.24, 2.45) is 11.1 Å². The van der Waals surface area contributed by atoms with E-state index in [4.69, 9.17) is 5.73 Å². The lowest BCUT2D eigenvalue weighted by molar-refractivity contribution is -0.118. The van der Waals surface area contributed by atoms with Crippen molar-refractivity contribution in [1.29, 1.82) is 0 Å². The van der Waals surface area contributed by atoms with E-state index in [0.29, 0.717) is 19.0 Å². The summed E-state index contributed by atoms with van der Waals surface area (Å²) >= 11 is 0. The lowest BCUT2D eigenvalue weighted by Gasteiger charge is -2.35. The van der Waals surface area contributed by atoms with Crippen molar-refractivity contribution in [2.75, 3.05) is 11.9 Å². The van der Waals surface area contributed by atoms with Gasteiger partial charge in [-0.05, 0) is 60.2 Å². The van der Waals surface area contributed by atoms with Gasteiger partial charge in [0.05, 0.1) is 6.04 Å². The van der Waals surface area contributed by atoms with Gasteiger partial charge in [0.15, 0.2) is 5.82 Å². The van der Waals surface area contributed by atoms with E-state index in [2.05, 4.69) is 20.8 Å². The molecule has 4 rings (SSSR count). The number of rotatable bonds is 6. The fourth-order valence-corrected chi connectivity index (χ4v) is 3.99. The largest absolute Gasteiger partial charge is 0.330 e. The number of nitrogens with one attached hydrogen (secondary N) is 1. The molecule has 3 N–H and O–H groups in total. The van der Waals surface area contributed by atoms with Crippen molar-refractivity contribution >= 4 is 11.6 Å². The zero-order valence-electron chi connectivity index (χ0n) is 15.0. The Bertz CT molecular complexity index is 776. The molecule has 1 aromatic heterocycles. The fourth-order valence-electron chi connectivity index (χ4n) is 3.99. The second kappa shape index (κ2) is 7.15. The minimum atomic E-state index is -0.0317. The summed E-state index contributed by atoms with van der Waals surface area (Å²) in [7, 11) is 0. The normalized spacial score (nSPS) is 19.3. The Morgan fingerprint density at radius 1 is 1.27 bits per heavy atom. The van der Waals surface area contributed by atoms with Gasteiger partial charge in [0, 0.05) is 17.7 Å². The Morgan fingerprint density at radius 3 is 2.81 bits per heavy atom. The minimum absolute atomic E-state index is 0.0317. The topological polar surface area (TPSA) is 98.7 Å². The van der Waals surface area contributed by atoms with Crippen LogP contribution >= 0.6 is 0 Å². The molecule has 7 nitrogen and oxygen atoms in total. The van der Waals surface area contributed by atoms with Crippen LogP contribution in [0.3, 0.4) is 0 Å². The highest BCUT2D eigenvalue weighted by Gasteiger charge is 2.33. The molecule has 1 aromatic carbocycles. The van der Waals surface area contributed by atoms with Crippen LogP contribution < -0.4 is 11.1 Å². The summed E-state index contributed by atoms with van der Waals surface area (Å²) in [6.45, 7) is 0.580. The van der Waals surface area contributed by atoms with Crippen molar-refractivity contribution in [3.05, 3.63) is 24.3 Å². The number of carbonyl (C=O) groups is 1. The predicted octanol–water partition coefficient (Wildman–Crippen LogP) is 2.91. The molecule has 2 fully saturated rings. The van der Waals surface area contributed by atoms with Gasteiger partial charge < -0.3 is 11.1 Å². The maximum Gasteiger partial charge on any atom is 0.224 e. The molecule has 138 valence electrons.